The molecule has 0 bridgehead atoms. The van der Waals surface area contributed by atoms with Crippen LogP contribution in [0.2, 0.25) is 0 Å². The molecular formula is C24H29N5O4. The number of primary amides is 1. The van der Waals surface area contributed by atoms with Gasteiger partial charge in [0, 0.05) is 34.8 Å². The van der Waals surface area contributed by atoms with Gasteiger partial charge in [0.05, 0.1) is 6.20 Å². The third-order valence-corrected chi connectivity index (χ3v) is 5.52. The second-order valence-electron chi connectivity index (χ2n) is 8.28. The molecule has 0 radical (unpaired) electrons. The number of anilines is 1. The molecule has 9 heteroatoms. The molecule has 9 nitrogen and oxygen atoms in total. The number of amides is 2. The molecule has 2 aromatic heterocycles. The summed E-state index contributed by atoms with van der Waals surface area (Å²) in [6.45, 7) is 9.54. The zero-order valence-electron chi connectivity index (χ0n) is 19.5. The van der Waals surface area contributed by atoms with Gasteiger partial charge < -0.3 is 15.8 Å². The van der Waals surface area contributed by atoms with Gasteiger partial charge in [-0.05, 0) is 76.4 Å². The summed E-state index contributed by atoms with van der Waals surface area (Å²) >= 11 is 0. The highest BCUT2D eigenvalue weighted by molar-refractivity contribution is 5.96. The van der Waals surface area contributed by atoms with Crippen molar-refractivity contribution in [3.8, 4) is 0 Å². The second kappa shape index (κ2) is 9.81. The zero-order chi connectivity index (χ0) is 24.3. The standard InChI is InChI=1S/C24H29N5O4/c1-13(2)29-23-20(12-26-29)14(3)19(15(4)27-23)10-11-21(30)33-16(5)24(32)28-18-8-6-17(7-9-18)22(25)31/h6-9,12-13,16H,10-11H2,1-5H3,(H2,25,31)(H,28,32)/t16-/m1/s1. The predicted octanol–water partition coefficient (Wildman–Crippen LogP) is 3.23. The molecule has 174 valence electrons. The summed E-state index contributed by atoms with van der Waals surface area (Å²) in [6, 6.07) is 6.33. The number of benzene rings is 1. The number of pyridine rings is 1. The van der Waals surface area contributed by atoms with Crippen LogP contribution in [0.15, 0.2) is 30.5 Å². The summed E-state index contributed by atoms with van der Waals surface area (Å²) in [4.78, 5) is 40.6. The van der Waals surface area contributed by atoms with Crippen molar-refractivity contribution in [1.82, 2.24) is 14.8 Å². The fraction of sp³-hybridized carbons (Fsp3) is 0.375. The van der Waals surface area contributed by atoms with Gasteiger partial charge in [0.1, 0.15) is 0 Å². The average molecular weight is 452 g/mol. The molecule has 0 aliphatic carbocycles. The normalized spacial score (nSPS) is 12.1. The Balaban J connectivity index is 1.60. The third-order valence-electron chi connectivity index (χ3n) is 5.52. The molecule has 3 aromatic rings. The molecule has 0 fully saturated rings. The highest BCUT2D eigenvalue weighted by atomic mass is 16.5. The fourth-order valence-corrected chi connectivity index (χ4v) is 3.64. The van der Waals surface area contributed by atoms with Crippen LogP contribution in [0.25, 0.3) is 11.0 Å². The van der Waals surface area contributed by atoms with Gasteiger partial charge in [-0.1, -0.05) is 0 Å². The Hall–Kier alpha value is -3.75. The summed E-state index contributed by atoms with van der Waals surface area (Å²) < 4.78 is 7.19. The minimum Gasteiger partial charge on any atom is -0.453 e. The quantitative estimate of drug-likeness (QED) is 0.506. The topological polar surface area (TPSA) is 129 Å². The first kappa shape index (κ1) is 23.9. The number of aromatic nitrogens is 3. The number of carbonyl (C=O) groups excluding carboxylic acids is 3. The van der Waals surface area contributed by atoms with E-state index in [1.54, 1.807) is 18.3 Å². The van der Waals surface area contributed by atoms with Crippen molar-refractivity contribution in [1.29, 1.82) is 0 Å². The smallest absolute Gasteiger partial charge is 0.306 e. The summed E-state index contributed by atoms with van der Waals surface area (Å²) in [5.41, 5.74) is 9.72. The van der Waals surface area contributed by atoms with E-state index >= 15 is 0 Å². The van der Waals surface area contributed by atoms with Gasteiger partial charge in [-0.25, -0.2) is 9.67 Å². The Labute approximate surface area is 192 Å². The number of hydrogen-bond acceptors (Lipinski definition) is 6. The van der Waals surface area contributed by atoms with Crippen molar-refractivity contribution >= 4 is 34.5 Å². The van der Waals surface area contributed by atoms with Crippen LogP contribution >= 0.6 is 0 Å². The molecule has 0 aliphatic heterocycles. The Morgan fingerprint density at radius 2 is 1.79 bits per heavy atom. The number of ether oxygens (including phenoxy) is 1. The summed E-state index contributed by atoms with van der Waals surface area (Å²) in [5, 5.41) is 8.05. The van der Waals surface area contributed by atoms with E-state index in [0.717, 1.165) is 27.9 Å². The van der Waals surface area contributed by atoms with Crippen molar-refractivity contribution in [3.63, 3.8) is 0 Å². The van der Waals surface area contributed by atoms with Crippen molar-refractivity contribution in [2.75, 3.05) is 5.32 Å². The number of nitrogens with one attached hydrogen (secondary N) is 1. The van der Waals surface area contributed by atoms with Gasteiger partial charge in [-0.2, -0.15) is 5.10 Å². The number of nitrogens with zero attached hydrogens (tertiary/aromatic N) is 3. The maximum Gasteiger partial charge on any atom is 0.306 e. The molecule has 3 rings (SSSR count). The Bertz CT molecular complexity index is 1200. The van der Waals surface area contributed by atoms with Gasteiger partial charge in [0.2, 0.25) is 5.91 Å². The molecule has 2 amide bonds. The lowest BCUT2D eigenvalue weighted by molar-refractivity contribution is -0.153. The largest absolute Gasteiger partial charge is 0.453 e. The Morgan fingerprint density at radius 1 is 1.12 bits per heavy atom. The second-order valence-corrected chi connectivity index (χ2v) is 8.28. The number of esters is 1. The van der Waals surface area contributed by atoms with Gasteiger partial charge in [-0.3, -0.25) is 14.4 Å². The van der Waals surface area contributed by atoms with Crippen molar-refractivity contribution < 1.29 is 19.1 Å². The highest BCUT2D eigenvalue weighted by Gasteiger charge is 2.20. The number of nitrogens with two attached hydrogens (primary N) is 1. The number of fused-ring (bicyclic) bond motifs is 1. The minimum absolute atomic E-state index is 0.123. The van der Waals surface area contributed by atoms with E-state index in [1.165, 1.54) is 19.1 Å². The first-order chi connectivity index (χ1) is 15.6. The lowest BCUT2D eigenvalue weighted by Crippen LogP contribution is -2.30. The molecule has 3 N–H and O–H groups in total. The lowest BCUT2D eigenvalue weighted by Gasteiger charge is -2.15. The van der Waals surface area contributed by atoms with E-state index in [2.05, 4.69) is 24.3 Å². The zero-order valence-corrected chi connectivity index (χ0v) is 19.5. The maximum atomic E-state index is 12.4. The molecular weight excluding hydrogens is 422 g/mol. The molecule has 0 aliphatic rings. The SMILES string of the molecule is Cc1nc2c(cnn2C(C)C)c(C)c1CCC(=O)O[C@H](C)C(=O)Nc1ccc(C(N)=O)cc1. The van der Waals surface area contributed by atoms with Gasteiger partial charge in [0.15, 0.2) is 11.8 Å². The molecule has 33 heavy (non-hydrogen) atoms. The number of carbonyl (C=O) groups is 3. The monoisotopic (exact) mass is 451 g/mol. The van der Waals surface area contributed by atoms with E-state index in [1.807, 2.05) is 18.5 Å². The third kappa shape index (κ3) is 5.36. The van der Waals surface area contributed by atoms with E-state index in [9.17, 15) is 14.4 Å². The number of aryl methyl sites for hydroxylation is 2. The van der Waals surface area contributed by atoms with Crippen molar-refractivity contribution in [2.24, 2.45) is 5.73 Å². The molecule has 0 unspecified atom stereocenters. The van der Waals surface area contributed by atoms with Crippen LogP contribution in [-0.4, -0.2) is 38.7 Å². The number of hydrogen-bond donors (Lipinski definition) is 2. The number of rotatable bonds is 8. The van der Waals surface area contributed by atoms with Crippen LogP contribution in [0.1, 0.15) is 60.4 Å². The lowest BCUT2D eigenvalue weighted by atomic mass is 10.0. The molecule has 1 atom stereocenters. The van der Waals surface area contributed by atoms with Gasteiger partial charge >= 0.3 is 5.97 Å². The first-order valence-electron chi connectivity index (χ1n) is 10.8. The van der Waals surface area contributed by atoms with E-state index in [-0.39, 0.29) is 12.5 Å². The van der Waals surface area contributed by atoms with Crippen molar-refractivity contribution in [2.45, 2.75) is 59.6 Å². The first-order valence-corrected chi connectivity index (χ1v) is 10.8. The van der Waals surface area contributed by atoms with Crippen LogP contribution in [-0.2, 0) is 20.7 Å². The Kier molecular flexibility index (Phi) is 7.10. The average Bonchev–Trinajstić information content (AvgIpc) is 3.18. The fourth-order valence-electron chi connectivity index (χ4n) is 3.64. The highest BCUT2D eigenvalue weighted by Crippen LogP contribution is 2.25. The maximum absolute atomic E-state index is 12.4. The van der Waals surface area contributed by atoms with Gasteiger partial charge in [-0.15, -0.1) is 0 Å². The van der Waals surface area contributed by atoms with E-state index < -0.39 is 23.9 Å². The van der Waals surface area contributed by atoms with Gasteiger partial charge in [0.25, 0.3) is 5.91 Å². The van der Waals surface area contributed by atoms with E-state index in [4.69, 9.17) is 15.5 Å². The van der Waals surface area contributed by atoms with Crippen LogP contribution in [0.5, 0.6) is 0 Å². The van der Waals surface area contributed by atoms with Crippen LogP contribution in [0.3, 0.4) is 0 Å². The summed E-state index contributed by atoms with van der Waals surface area (Å²) in [6.07, 6.45) is 1.41. The summed E-state index contributed by atoms with van der Waals surface area (Å²) in [5.74, 6) is -1.49. The molecule has 1 aromatic carbocycles. The van der Waals surface area contributed by atoms with E-state index in [0.29, 0.717) is 17.7 Å². The predicted molar refractivity (Wildman–Crippen MR) is 125 cm³/mol. The minimum atomic E-state index is -0.972. The molecule has 0 saturated heterocycles. The van der Waals surface area contributed by atoms with Crippen LogP contribution in [0, 0.1) is 13.8 Å². The Morgan fingerprint density at radius 3 is 2.39 bits per heavy atom. The molecule has 0 spiro atoms. The van der Waals surface area contributed by atoms with Crippen molar-refractivity contribution in [3.05, 3.63) is 52.8 Å². The van der Waals surface area contributed by atoms with Crippen LogP contribution in [0.4, 0.5) is 5.69 Å². The summed E-state index contributed by atoms with van der Waals surface area (Å²) in [7, 11) is 0. The molecule has 0 saturated carbocycles. The van der Waals surface area contributed by atoms with Crippen LogP contribution < -0.4 is 11.1 Å². The molecule has 2 heterocycles.